The third-order valence-electron chi connectivity index (χ3n) is 2.53. The molecule has 0 unspecified atom stereocenters. The van der Waals surface area contributed by atoms with Gasteiger partial charge in [0.1, 0.15) is 17.1 Å². The molecular weight excluding hydrogens is 353 g/mol. The standard InChI is InChI=1S/3C6H7N.H3O4P/c3*7-6-4-2-1-3-5-6;1-5(2,3)4/h3*1-5H,7H2;(H3,1,2,3,4). The van der Waals surface area contributed by atoms with Crippen molar-refractivity contribution in [2.45, 2.75) is 0 Å². The molecule has 3 rings (SSSR count). The largest absolute Gasteiger partial charge is 0.822 e. The zero-order chi connectivity index (χ0) is 19.8. The molecular formula is C18H24N3O4P. The van der Waals surface area contributed by atoms with E-state index in [9.17, 15) is 0 Å². The van der Waals surface area contributed by atoms with Crippen molar-refractivity contribution < 1.29 is 36.4 Å². The molecule has 9 N–H and O–H groups in total. The summed E-state index contributed by atoms with van der Waals surface area (Å²) in [4.78, 5) is 25.6. The highest BCUT2D eigenvalue weighted by Crippen LogP contribution is 2.03. The minimum absolute atomic E-state index is 1.07. The summed E-state index contributed by atoms with van der Waals surface area (Å²) in [6.07, 6.45) is 0. The molecule has 0 saturated heterocycles. The van der Waals surface area contributed by atoms with E-state index in [2.05, 4.69) is 17.2 Å². The summed E-state index contributed by atoms with van der Waals surface area (Å²) >= 11 is 0. The van der Waals surface area contributed by atoms with E-state index in [1.165, 1.54) is 0 Å². The Kier molecular flexibility index (Phi) is 12.6. The van der Waals surface area contributed by atoms with Gasteiger partial charge in [-0.25, -0.2) is 0 Å². The van der Waals surface area contributed by atoms with E-state index in [-0.39, 0.29) is 0 Å². The predicted octanol–water partition coefficient (Wildman–Crippen LogP) is -1.14. The summed E-state index contributed by atoms with van der Waals surface area (Å²) in [7, 11) is -5.39. The van der Waals surface area contributed by atoms with Gasteiger partial charge in [0, 0.05) is 0 Å². The first-order valence-electron chi connectivity index (χ1n) is 7.52. The maximum atomic E-state index is 8.55. The van der Waals surface area contributed by atoms with Crippen molar-refractivity contribution in [3.63, 3.8) is 0 Å². The van der Waals surface area contributed by atoms with Gasteiger partial charge in [0.25, 0.3) is 0 Å². The highest BCUT2D eigenvalue weighted by molar-refractivity contribution is 7.40. The third-order valence-corrected chi connectivity index (χ3v) is 2.53. The average molecular weight is 377 g/mol. The van der Waals surface area contributed by atoms with E-state index in [0.717, 1.165) is 17.1 Å². The molecule has 0 amide bonds. The minimum Gasteiger partial charge on any atom is -0.822 e. The molecule has 0 aliphatic rings. The molecule has 0 bridgehead atoms. The first kappa shape index (κ1) is 23.7. The SMILES string of the molecule is O=P([O-])([O-])[O-].[NH3+]c1ccccc1.[NH3+]c1ccccc1.[NH3+]c1ccccc1. The second-order valence-corrected chi connectivity index (χ2v) is 5.80. The Morgan fingerprint density at radius 2 is 0.654 bits per heavy atom. The number of hydrogen-bond acceptors (Lipinski definition) is 4. The van der Waals surface area contributed by atoms with Gasteiger partial charge in [0.05, 0.1) is 0 Å². The zero-order valence-electron chi connectivity index (χ0n) is 14.4. The van der Waals surface area contributed by atoms with Gasteiger partial charge in [-0.3, -0.25) is 0 Å². The van der Waals surface area contributed by atoms with Crippen LogP contribution in [0.3, 0.4) is 0 Å². The van der Waals surface area contributed by atoms with Gasteiger partial charge in [-0.05, 0) is 36.4 Å². The molecule has 26 heavy (non-hydrogen) atoms. The fourth-order valence-electron chi connectivity index (χ4n) is 1.43. The van der Waals surface area contributed by atoms with Crippen LogP contribution in [0, 0.1) is 0 Å². The number of benzene rings is 3. The molecule has 7 nitrogen and oxygen atoms in total. The van der Waals surface area contributed by atoms with E-state index < -0.39 is 7.82 Å². The molecule has 0 aliphatic carbocycles. The summed E-state index contributed by atoms with van der Waals surface area (Å²) < 4.78 is 8.55. The second-order valence-electron chi connectivity index (χ2n) is 4.90. The van der Waals surface area contributed by atoms with Crippen LogP contribution in [-0.2, 0) is 4.57 Å². The van der Waals surface area contributed by atoms with Crippen LogP contribution < -0.4 is 31.9 Å². The van der Waals surface area contributed by atoms with Gasteiger partial charge < -0.3 is 36.4 Å². The maximum Gasteiger partial charge on any atom is 0.127 e. The van der Waals surface area contributed by atoms with Gasteiger partial charge in [0.15, 0.2) is 0 Å². The Hall–Kier alpha value is -2.35. The maximum absolute atomic E-state index is 8.55. The van der Waals surface area contributed by atoms with E-state index in [1.807, 2.05) is 91.0 Å². The molecule has 8 heteroatoms. The highest BCUT2D eigenvalue weighted by Gasteiger charge is 1.78. The summed E-state index contributed by atoms with van der Waals surface area (Å²) in [6, 6.07) is 29.6. The zero-order valence-corrected chi connectivity index (χ0v) is 15.3. The Bertz CT molecular complexity index is 641. The van der Waals surface area contributed by atoms with Crippen molar-refractivity contribution in [2.24, 2.45) is 0 Å². The summed E-state index contributed by atoms with van der Waals surface area (Å²) in [5, 5.41) is 0. The van der Waals surface area contributed by atoms with Crippen LogP contribution in [0.4, 0.5) is 17.1 Å². The lowest BCUT2D eigenvalue weighted by molar-refractivity contribution is -0.432. The van der Waals surface area contributed by atoms with Crippen LogP contribution >= 0.6 is 7.82 Å². The summed E-state index contributed by atoms with van der Waals surface area (Å²) in [5.74, 6) is 0. The van der Waals surface area contributed by atoms with Gasteiger partial charge in [-0.2, -0.15) is 7.82 Å². The van der Waals surface area contributed by atoms with Crippen LogP contribution in [-0.4, -0.2) is 0 Å². The predicted molar refractivity (Wildman–Crippen MR) is 94.6 cm³/mol. The first-order chi connectivity index (χ1) is 12.2. The van der Waals surface area contributed by atoms with Crippen molar-refractivity contribution >= 4 is 24.9 Å². The van der Waals surface area contributed by atoms with Crippen LogP contribution in [0.5, 0.6) is 0 Å². The Morgan fingerprint density at radius 1 is 0.500 bits per heavy atom. The molecule has 140 valence electrons. The number of quaternary nitrogens is 3. The normalized spacial score (nSPS) is 9.31. The van der Waals surface area contributed by atoms with Crippen LogP contribution in [0.2, 0.25) is 0 Å². The van der Waals surface area contributed by atoms with Crippen LogP contribution in [0.1, 0.15) is 0 Å². The van der Waals surface area contributed by atoms with Gasteiger partial charge in [-0.15, -0.1) is 0 Å². The third kappa shape index (κ3) is 19.7. The molecule has 0 radical (unpaired) electrons. The number of phosphoric acid groups is 1. The fraction of sp³-hybridized carbons (Fsp3) is 0. The van der Waals surface area contributed by atoms with Crippen molar-refractivity contribution in [1.29, 1.82) is 0 Å². The quantitative estimate of drug-likeness (QED) is 0.421. The Balaban J connectivity index is 0.000000324. The molecule has 0 spiro atoms. The topological polar surface area (TPSA) is 169 Å². The second kappa shape index (κ2) is 13.9. The van der Waals surface area contributed by atoms with Gasteiger partial charge >= 0.3 is 0 Å². The van der Waals surface area contributed by atoms with Crippen molar-refractivity contribution in [2.75, 3.05) is 0 Å². The minimum atomic E-state index is -5.39. The molecule has 0 aliphatic heterocycles. The molecule has 0 atom stereocenters. The van der Waals surface area contributed by atoms with E-state index in [1.54, 1.807) is 0 Å². The average Bonchev–Trinajstić information content (AvgIpc) is 2.57. The molecule has 3 aromatic carbocycles. The molecule has 0 heterocycles. The Labute approximate surface area is 153 Å². The smallest absolute Gasteiger partial charge is 0.127 e. The van der Waals surface area contributed by atoms with Gasteiger partial charge in [-0.1, -0.05) is 54.6 Å². The fourth-order valence-corrected chi connectivity index (χ4v) is 1.43. The lowest BCUT2D eigenvalue weighted by atomic mass is 10.3. The van der Waals surface area contributed by atoms with E-state index in [4.69, 9.17) is 19.2 Å². The molecule has 0 saturated carbocycles. The molecule has 3 aromatic rings. The van der Waals surface area contributed by atoms with Gasteiger partial charge in [0.2, 0.25) is 0 Å². The van der Waals surface area contributed by atoms with Crippen molar-refractivity contribution in [1.82, 2.24) is 0 Å². The summed E-state index contributed by atoms with van der Waals surface area (Å²) in [6.45, 7) is 0. The van der Waals surface area contributed by atoms with Crippen LogP contribution in [0.15, 0.2) is 91.0 Å². The number of hydrogen-bond donors (Lipinski definition) is 3. The highest BCUT2D eigenvalue weighted by atomic mass is 31.2. The van der Waals surface area contributed by atoms with E-state index >= 15 is 0 Å². The Morgan fingerprint density at radius 3 is 0.731 bits per heavy atom. The molecule has 0 fully saturated rings. The van der Waals surface area contributed by atoms with Crippen molar-refractivity contribution in [3.05, 3.63) is 91.0 Å². The monoisotopic (exact) mass is 377 g/mol. The molecule has 0 aromatic heterocycles. The van der Waals surface area contributed by atoms with Crippen molar-refractivity contribution in [3.8, 4) is 0 Å². The van der Waals surface area contributed by atoms with Crippen LogP contribution in [0.25, 0.3) is 0 Å². The summed E-state index contributed by atoms with van der Waals surface area (Å²) in [5.41, 5.74) is 14.4. The number of rotatable bonds is 0. The lowest BCUT2D eigenvalue weighted by Crippen LogP contribution is -2.39. The van der Waals surface area contributed by atoms with E-state index in [0.29, 0.717) is 0 Å². The first-order valence-corrected chi connectivity index (χ1v) is 8.98. The lowest BCUT2D eigenvalue weighted by Gasteiger charge is -2.36.